The van der Waals surface area contributed by atoms with Crippen molar-refractivity contribution in [2.45, 2.75) is 6.04 Å². The molecule has 1 unspecified atom stereocenters. The lowest BCUT2D eigenvalue weighted by molar-refractivity contribution is -0.138. The van der Waals surface area contributed by atoms with E-state index >= 15 is 0 Å². The number of nitrogens with one attached hydrogen (secondary N) is 2. The highest BCUT2D eigenvalue weighted by molar-refractivity contribution is 7.14. The minimum absolute atomic E-state index is 0.395. The van der Waals surface area contributed by atoms with E-state index < -0.39 is 12.0 Å². The molecule has 0 bridgehead atoms. The van der Waals surface area contributed by atoms with Crippen molar-refractivity contribution in [2.75, 3.05) is 18.9 Å². The Balaban J connectivity index is 2.36. The molecule has 0 aliphatic rings. The zero-order valence-electron chi connectivity index (χ0n) is 7.28. The molecule has 0 radical (unpaired) electrons. The molecule has 0 aromatic carbocycles. The molecular formula is C8H12N2O2S. The largest absolute Gasteiger partial charge is 0.480 e. The second-order valence-electron chi connectivity index (χ2n) is 2.54. The molecule has 0 amide bonds. The van der Waals surface area contributed by atoms with Crippen molar-refractivity contribution in [2.24, 2.45) is 0 Å². The third-order valence-electron chi connectivity index (χ3n) is 1.65. The number of rotatable bonds is 5. The van der Waals surface area contributed by atoms with Crippen LogP contribution >= 0.6 is 11.3 Å². The highest BCUT2D eigenvalue weighted by Gasteiger charge is 2.13. The Morgan fingerprint density at radius 2 is 2.54 bits per heavy atom. The van der Waals surface area contributed by atoms with E-state index in [9.17, 15) is 4.79 Å². The summed E-state index contributed by atoms with van der Waals surface area (Å²) < 4.78 is 0. The maximum absolute atomic E-state index is 10.6. The van der Waals surface area contributed by atoms with E-state index in [0.29, 0.717) is 6.54 Å². The number of carboxylic acid groups (broad SMARTS) is 1. The molecule has 5 heteroatoms. The van der Waals surface area contributed by atoms with Crippen molar-refractivity contribution in [3.63, 3.8) is 0 Å². The molecule has 0 spiro atoms. The molecule has 1 aromatic heterocycles. The maximum Gasteiger partial charge on any atom is 0.322 e. The zero-order valence-corrected chi connectivity index (χ0v) is 8.10. The van der Waals surface area contributed by atoms with Crippen molar-refractivity contribution in [1.29, 1.82) is 0 Å². The molecule has 0 aliphatic heterocycles. The van der Waals surface area contributed by atoms with Gasteiger partial charge in [-0.05, 0) is 24.6 Å². The van der Waals surface area contributed by atoms with Gasteiger partial charge in [-0.3, -0.25) is 4.79 Å². The van der Waals surface area contributed by atoms with E-state index in [0.717, 1.165) is 5.00 Å². The Kier molecular flexibility index (Phi) is 3.72. The van der Waals surface area contributed by atoms with Crippen LogP contribution in [0.2, 0.25) is 0 Å². The summed E-state index contributed by atoms with van der Waals surface area (Å²) in [6, 6.07) is 3.29. The normalized spacial score (nSPS) is 12.4. The molecule has 13 heavy (non-hydrogen) atoms. The number of carboxylic acids is 1. The standard InChI is InChI=1S/C8H12N2O2S/c1-9-6(8(11)12)5-10-7-3-2-4-13-7/h2-4,6,9-10H,5H2,1H3,(H,11,12). The monoisotopic (exact) mass is 200 g/mol. The van der Waals surface area contributed by atoms with Gasteiger partial charge in [0.2, 0.25) is 0 Å². The zero-order chi connectivity index (χ0) is 9.68. The van der Waals surface area contributed by atoms with Gasteiger partial charge in [-0.2, -0.15) is 0 Å². The number of anilines is 1. The van der Waals surface area contributed by atoms with Crippen molar-refractivity contribution in [3.8, 4) is 0 Å². The van der Waals surface area contributed by atoms with E-state index in [1.807, 2.05) is 17.5 Å². The Hall–Kier alpha value is -1.07. The number of carbonyl (C=O) groups is 1. The van der Waals surface area contributed by atoms with Gasteiger partial charge >= 0.3 is 5.97 Å². The van der Waals surface area contributed by atoms with Crippen LogP contribution in [0.1, 0.15) is 0 Å². The molecule has 1 heterocycles. The van der Waals surface area contributed by atoms with E-state index in [4.69, 9.17) is 5.11 Å². The predicted octanol–water partition coefficient (Wildman–Crippen LogP) is 0.833. The number of aliphatic carboxylic acids is 1. The molecule has 3 N–H and O–H groups in total. The smallest absolute Gasteiger partial charge is 0.322 e. The van der Waals surface area contributed by atoms with Gasteiger partial charge in [0.1, 0.15) is 6.04 Å². The summed E-state index contributed by atoms with van der Waals surface area (Å²) in [6.45, 7) is 0.395. The Bertz CT molecular complexity index is 261. The van der Waals surface area contributed by atoms with Gasteiger partial charge in [0.25, 0.3) is 0 Å². The molecule has 1 atom stereocenters. The highest BCUT2D eigenvalue weighted by Crippen LogP contribution is 2.14. The minimum Gasteiger partial charge on any atom is -0.480 e. The molecule has 4 nitrogen and oxygen atoms in total. The quantitative estimate of drug-likeness (QED) is 0.659. The first-order valence-electron chi connectivity index (χ1n) is 3.91. The molecule has 0 saturated heterocycles. The van der Waals surface area contributed by atoms with Gasteiger partial charge in [-0.1, -0.05) is 0 Å². The number of thiophene rings is 1. The van der Waals surface area contributed by atoms with Crippen LogP contribution in [0.5, 0.6) is 0 Å². The summed E-state index contributed by atoms with van der Waals surface area (Å²) in [6.07, 6.45) is 0. The molecular weight excluding hydrogens is 188 g/mol. The highest BCUT2D eigenvalue weighted by atomic mass is 32.1. The number of hydrogen-bond acceptors (Lipinski definition) is 4. The summed E-state index contributed by atoms with van der Waals surface area (Å²) >= 11 is 1.56. The fourth-order valence-corrected chi connectivity index (χ4v) is 1.52. The molecule has 1 aromatic rings. The molecule has 72 valence electrons. The summed E-state index contributed by atoms with van der Waals surface area (Å²) in [5.74, 6) is -0.841. The summed E-state index contributed by atoms with van der Waals surface area (Å²) in [5, 5.41) is 17.4. The second kappa shape index (κ2) is 4.84. The lowest BCUT2D eigenvalue weighted by Crippen LogP contribution is -2.39. The lowest BCUT2D eigenvalue weighted by Gasteiger charge is -2.11. The summed E-state index contributed by atoms with van der Waals surface area (Å²) in [4.78, 5) is 10.6. The third kappa shape index (κ3) is 3.04. The first kappa shape index (κ1) is 10.0. The van der Waals surface area contributed by atoms with Crippen LogP contribution in [0.25, 0.3) is 0 Å². The fourth-order valence-electron chi connectivity index (χ4n) is 0.895. The van der Waals surface area contributed by atoms with Crippen LogP contribution in [0.4, 0.5) is 5.00 Å². The first-order chi connectivity index (χ1) is 6.24. The van der Waals surface area contributed by atoms with E-state index in [-0.39, 0.29) is 0 Å². The summed E-state index contributed by atoms with van der Waals surface area (Å²) in [7, 11) is 1.63. The average molecular weight is 200 g/mol. The second-order valence-corrected chi connectivity index (χ2v) is 3.49. The lowest BCUT2D eigenvalue weighted by atomic mass is 10.3. The average Bonchev–Trinajstić information content (AvgIpc) is 2.57. The Morgan fingerprint density at radius 3 is 3.00 bits per heavy atom. The topological polar surface area (TPSA) is 61.4 Å². The molecule has 0 saturated carbocycles. The summed E-state index contributed by atoms with van der Waals surface area (Å²) in [5.41, 5.74) is 0. The Morgan fingerprint density at radius 1 is 1.77 bits per heavy atom. The number of likely N-dealkylation sites (N-methyl/N-ethyl adjacent to an activating group) is 1. The van der Waals surface area contributed by atoms with Crippen LogP contribution in [-0.2, 0) is 4.79 Å². The molecule has 0 fully saturated rings. The van der Waals surface area contributed by atoms with Crippen molar-refractivity contribution >= 4 is 22.3 Å². The van der Waals surface area contributed by atoms with Gasteiger partial charge in [0.15, 0.2) is 0 Å². The van der Waals surface area contributed by atoms with Gasteiger partial charge in [0, 0.05) is 6.54 Å². The van der Waals surface area contributed by atoms with Crippen LogP contribution in [-0.4, -0.2) is 30.7 Å². The SMILES string of the molecule is CNC(CNc1cccs1)C(=O)O. The minimum atomic E-state index is -0.841. The first-order valence-corrected chi connectivity index (χ1v) is 4.79. The Labute approximate surface area is 80.6 Å². The van der Waals surface area contributed by atoms with Crippen LogP contribution in [0, 0.1) is 0 Å². The molecule has 1 rings (SSSR count). The van der Waals surface area contributed by atoms with Crippen LogP contribution in [0.15, 0.2) is 17.5 Å². The number of hydrogen-bond donors (Lipinski definition) is 3. The van der Waals surface area contributed by atoms with Crippen LogP contribution in [0.3, 0.4) is 0 Å². The molecule has 0 aliphatic carbocycles. The van der Waals surface area contributed by atoms with E-state index in [1.54, 1.807) is 18.4 Å². The predicted molar refractivity (Wildman–Crippen MR) is 53.3 cm³/mol. The fraction of sp³-hybridized carbons (Fsp3) is 0.375. The third-order valence-corrected chi connectivity index (χ3v) is 2.48. The van der Waals surface area contributed by atoms with Crippen molar-refractivity contribution in [1.82, 2.24) is 5.32 Å². The van der Waals surface area contributed by atoms with E-state index in [1.165, 1.54) is 0 Å². The van der Waals surface area contributed by atoms with Crippen LogP contribution < -0.4 is 10.6 Å². The van der Waals surface area contributed by atoms with Crippen molar-refractivity contribution < 1.29 is 9.90 Å². The van der Waals surface area contributed by atoms with Gasteiger partial charge < -0.3 is 15.7 Å². The van der Waals surface area contributed by atoms with Gasteiger partial charge in [-0.15, -0.1) is 11.3 Å². The van der Waals surface area contributed by atoms with Gasteiger partial charge in [-0.25, -0.2) is 0 Å². The maximum atomic E-state index is 10.6. The van der Waals surface area contributed by atoms with Crippen molar-refractivity contribution in [3.05, 3.63) is 17.5 Å². The van der Waals surface area contributed by atoms with E-state index in [2.05, 4.69) is 10.6 Å². The van der Waals surface area contributed by atoms with Gasteiger partial charge in [0.05, 0.1) is 5.00 Å².